The first-order valence-electron chi connectivity index (χ1n) is 3.82. The third kappa shape index (κ3) is 1.85. The van der Waals surface area contributed by atoms with E-state index in [4.69, 9.17) is 0 Å². The van der Waals surface area contributed by atoms with Crippen LogP contribution in [0.3, 0.4) is 0 Å². The van der Waals surface area contributed by atoms with E-state index in [1.165, 1.54) is 0 Å². The highest BCUT2D eigenvalue weighted by Crippen LogP contribution is 2.20. The van der Waals surface area contributed by atoms with Crippen LogP contribution in [-0.4, -0.2) is 23.3 Å². The Hall–Kier alpha value is -0.750. The van der Waals surface area contributed by atoms with Crippen LogP contribution in [0.4, 0.5) is 0 Å². The van der Waals surface area contributed by atoms with E-state index in [0.717, 1.165) is 8.95 Å². The molecule has 6 heteroatoms. The summed E-state index contributed by atoms with van der Waals surface area (Å²) in [5.74, 6) is 0.422. The number of nitrogens with zero attached hydrogens (tertiary/aromatic N) is 2. The summed E-state index contributed by atoms with van der Waals surface area (Å²) < 4.78 is 1.67. The number of hydrogen-bond acceptors (Lipinski definition) is 3. The average Bonchev–Trinajstić information content (AvgIpc) is 2.51. The zero-order chi connectivity index (χ0) is 10.1. The van der Waals surface area contributed by atoms with E-state index in [1.54, 1.807) is 6.20 Å². The summed E-state index contributed by atoms with van der Waals surface area (Å²) in [5, 5.41) is 2.63. The Balaban J connectivity index is 2.38. The van der Waals surface area contributed by atoms with E-state index < -0.39 is 0 Å². The molecule has 0 aromatic carbocycles. The minimum absolute atomic E-state index is 0.100. The van der Waals surface area contributed by atoms with Crippen LogP contribution < -0.4 is 5.32 Å². The molecule has 1 aromatic rings. The molecule has 1 aliphatic rings. The molecule has 0 bridgehead atoms. The molecule has 0 unspecified atom stereocenters. The summed E-state index contributed by atoms with van der Waals surface area (Å²) in [6.07, 6.45) is 1.66. The lowest BCUT2D eigenvalue weighted by molar-refractivity contribution is -0.117. The van der Waals surface area contributed by atoms with Crippen molar-refractivity contribution in [1.82, 2.24) is 10.3 Å². The molecule has 72 valence electrons. The second-order valence-corrected chi connectivity index (χ2v) is 4.47. The minimum atomic E-state index is -0.100. The number of amidine groups is 1. The molecule has 0 saturated carbocycles. The molecule has 0 saturated heterocycles. The molecule has 0 aliphatic carbocycles. The van der Waals surface area contributed by atoms with Crippen molar-refractivity contribution in [3.8, 4) is 0 Å². The zero-order valence-electron chi connectivity index (χ0n) is 6.92. The van der Waals surface area contributed by atoms with E-state index in [2.05, 4.69) is 47.2 Å². The lowest BCUT2D eigenvalue weighted by Gasteiger charge is -2.02. The molecule has 4 nitrogen and oxygen atoms in total. The highest BCUT2D eigenvalue weighted by molar-refractivity contribution is 9.11. The van der Waals surface area contributed by atoms with Crippen molar-refractivity contribution in [1.29, 1.82) is 0 Å². The molecule has 2 heterocycles. The predicted molar refractivity (Wildman–Crippen MR) is 59.2 cm³/mol. The van der Waals surface area contributed by atoms with Gasteiger partial charge in [0.1, 0.15) is 12.2 Å². The van der Waals surface area contributed by atoms with E-state index in [0.29, 0.717) is 11.5 Å². The zero-order valence-corrected chi connectivity index (χ0v) is 10.1. The van der Waals surface area contributed by atoms with Gasteiger partial charge < -0.3 is 5.32 Å². The van der Waals surface area contributed by atoms with Crippen molar-refractivity contribution in [3.05, 3.63) is 26.9 Å². The van der Waals surface area contributed by atoms with Gasteiger partial charge in [0.15, 0.2) is 5.84 Å². The molecule has 1 aromatic heterocycles. The van der Waals surface area contributed by atoms with Gasteiger partial charge in [-0.3, -0.25) is 14.8 Å². The molecular weight excluding hydrogens is 314 g/mol. The second kappa shape index (κ2) is 3.78. The highest BCUT2D eigenvalue weighted by Gasteiger charge is 2.18. The SMILES string of the molecule is O=C1CN=C(c2ncc(Br)cc2Br)N1. The minimum Gasteiger partial charge on any atom is -0.308 e. The summed E-state index contributed by atoms with van der Waals surface area (Å²) >= 11 is 6.65. The summed E-state index contributed by atoms with van der Waals surface area (Å²) in [4.78, 5) is 19.1. The van der Waals surface area contributed by atoms with Gasteiger partial charge in [-0.2, -0.15) is 0 Å². The lowest BCUT2D eigenvalue weighted by Crippen LogP contribution is -2.26. The Kier molecular flexibility index (Phi) is 2.64. The van der Waals surface area contributed by atoms with Crippen LogP contribution in [0.5, 0.6) is 0 Å². The Bertz CT molecular complexity index is 431. The number of halogens is 2. The van der Waals surface area contributed by atoms with E-state index in [9.17, 15) is 4.79 Å². The first-order valence-corrected chi connectivity index (χ1v) is 5.41. The molecule has 1 N–H and O–H groups in total. The van der Waals surface area contributed by atoms with E-state index >= 15 is 0 Å². The van der Waals surface area contributed by atoms with Gasteiger partial charge in [-0.1, -0.05) is 0 Å². The summed E-state index contributed by atoms with van der Waals surface area (Å²) in [7, 11) is 0. The Morgan fingerprint density at radius 2 is 2.21 bits per heavy atom. The van der Waals surface area contributed by atoms with Crippen molar-refractivity contribution >= 4 is 43.6 Å². The van der Waals surface area contributed by atoms with Crippen LogP contribution in [-0.2, 0) is 4.79 Å². The molecule has 14 heavy (non-hydrogen) atoms. The van der Waals surface area contributed by atoms with E-state index in [1.807, 2.05) is 6.07 Å². The fraction of sp³-hybridized carbons (Fsp3) is 0.125. The number of aliphatic imine (C=N–C) groups is 1. The smallest absolute Gasteiger partial charge is 0.247 e. The van der Waals surface area contributed by atoms with Crippen molar-refractivity contribution < 1.29 is 4.79 Å². The van der Waals surface area contributed by atoms with Gasteiger partial charge in [-0.05, 0) is 37.9 Å². The van der Waals surface area contributed by atoms with Gasteiger partial charge in [0.2, 0.25) is 5.91 Å². The average molecular weight is 319 g/mol. The Labute approximate surface area is 97.1 Å². The van der Waals surface area contributed by atoms with Crippen LogP contribution in [0.2, 0.25) is 0 Å². The topological polar surface area (TPSA) is 54.4 Å². The summed E-state index contributed by atoms with van der Waals surface area (Å²) in [6, 6.07) is 1.86. The molecule has 0 fully saturated rings. The third-order valence-electron chi connectivity index (χ3n) is 1.67. The lowest BCUT2D eigenvalue weighted by atomic mass is 10.3. The van der Waals surface area contributed by atoms with Crippen LogP contribution >= 0.6 is 31.9 Å². The van der Waals surface area contributed by atoms with E-state index in [-0.39, 0.29) is 12.5 Å². The Morgan fingerprint density at radius 3 is 2.79 bits per heavy atom. The first kappa shape index (κ1) is 9.79. The van der Waals surface area contributed by atoms with Gasteiger partial charge in [0, 0.05) is 15.1 Å². The maximum atomic E-state index is 10.9. The van der Waals surface area contributed by atoms with Crippen LogP contribution in [0.25, 0.3) is 0 Å². The normalized spacial score (nSPS) is 15.3. The van der Waals surface area contributed by atoms with Crippen LogP contribution in [0, 0.1) is 0 Å². The number of hydrogen-bond donors (Lipinski definition) is 1. The summed E-state index contributed by atoms with van der Waals surface area (Å²) in [6.45, 7) is 0.180. The molecule has 0 radical (unpaired) electrons. The van der Waals surface area contributed by atoms with Crippen LogP contribution in [0.1, 0.15) is 5.69 Å². The number of rotatable bonds is 1. The van der Waals surface area contributed by atoms with Crippen molar-refractivity contribution in [2.24, 2.45) is 4.99 Å². The standard InChI is InChI=1S/C8H5Br2N3O/c9-4-1-5(10)7(11-2-4)8-12-3-6(14)13-8/h1-2H,3H2,(H,12,13,14). The fourth-order valence-corrected chi connectivity index (χ4v) is 2.26. The highest BCUT2D eigenvalue weighted by atomic mass is 79.9. The van der Waals surface area contributed by atoms with Crippen molar-refractivity contribution in [3.63, 3.8) is 0 Å². The maximum absolute atomic E-state index is 10.9. The largest absolute Gasteiger partial charge is 0.308 e. The van der Waals surface area contributed by atoms with Gasteiger partial charge in [-0.25, -0.2) is 0 Å². The Morgan fingerprint density at radius 1 is 1.43 bits per heavy atom. The molecule has 2 rings (SSSR count). The molecule has 1 amide bonds. The number of carbonyl (C=O) groups is 1. The predicted octanol–water partition coefficient (Wildman–Crippen LogP) is 1.48. The number of aromatic nitrogens is 1. The third-order valence-corrected chi connectivity index (χ3v) is 2.71. The van der Waals surface area contributed by atoms with Gasteiger partial charge >= 0.3 is 0 Å². The fourth-order valence-electron chi connectivity index (χ4n) is 1.08. The van der Waals surface area contributed by atoms with Crippen molar-refractivity contribution in [2.75, 3.05) is 6.54 Å². The summed E-state index contributed by atoms with van der Waals surface area (Å²) in [5.41, 5.74) is 0.652. The second-order valence-electron chi connectivity index (χ2n) is 2.70. The quantitative estimate of drug-likeness (QED) is 0.853. The van der Waals surface area contributed by atoms with Crippen LogP contribution in [0.15, 0.2) is 26.2 Å². The number of amides is 1. The van der Waals surface area contributed by atoms with Gasteiger partial charge in [0.05, 0.1) is 0 Å². The monoisotopic (exact) mass is 317 g/mol. The number of nitrogens with one attached hydrogen (secondary N) is 1. The number of carbonyl (C=O) groups excluding carboxylic acids is 1. The molecule has 0 spiro atoms. The van der Waals surface area contributed by atoms with Gasteiger partial charge in [-0.15, -0.1) is 0 Å². The van der Waals surface area contributed by atoms with Gasteiger partial charge in [0.25, 0.3) is 0 Å². The first-order chi connectivity index (χ1) is 6.66. The van der Waals surface area contributed by atoms with Crippen molar-refractivity contribution in [2.45, 2.75) is 0 Å². The molecular formula is C8H5Br2N3O. The number of pyridine rings is 1. The maximum Gasteiger partial charge on any atom is 0.247 e. The molecule has 1 aliphatic heterocycles. The molecule has 0 atom stereocenters.